The van der Waals surface area contributed by atoms with Crippen LogP contribution in [0.5, 0.6) is 11.5 Å². The molecule has 0 atom stereocenters. The van der Waals surface area contributed by atoms with E-state index in [1.54, 1.807) is 24.3 Å². The molecule has 0 bridgehead atoms. The second kappa shape index (κ2) is 6.70. The van der Waals surface area contributed by atoms with Gasteiger partial charge in [0.15, 0.2) is 0 Å². The minimum atomic E-state index is -4.50. The van der Waals surface area contributed by atoms with Crippen LogP contribution in [-0.4, -0.2) is 20.3 Å². The first-order valence-electron chi connectivity index (χ1n) is 6.65. The fourth-order valence-corrected chi connectivity index (χ4v) is 2.13. The molecule has 0 saturated heterocycles. The number of para-hydroxylation sites is 1. The highest BCUT2D eigenvalue weighted by atomic mass is 19.4. The highest BCUT2D eigenvalue weighted by Crippen LogP contribution is 2.41. The van der Waals surface area contributed by atoms with Crippen molar-refractivity contribution in [1.29, 1.82) is 0 Å². The van der Waals surface area contributed by atoms with Gasteiger partial charge in [0.05, 0.1) is 12.7 Å². The van der Waals surface area contributed by atoms with Crippen molar-refractivity contribution in [3.05, 3.63) is 48.0 Å². The normalized spacial score (nSPS) is 11.3. The van der Waals surface area contributed by atoms with Gasteiger partial charge in [0.25, 0.3) is 0 Å². The molecule has 0 aromatic heterocycles. The topological polar surface area (TPSA) is 44.5 Å². The number of rotatable bonds is 5. The fraction of sp³-hybridized carbons (Fsp3) is 0.250. The van der Waals surface area contributed by atoms with E-state index >= 15 is 0 Å². The minimum absolute atomic E-state index is 0.0463. The number of benzene rings is 2. The molecule has 0 radical (unpaired) electrons. The molecule has 0 saturated carbocycles. The van der Waals surface area contributed by atoms with Gasteiger partial charge in [0.2, 0.25) is 0 Å². The third kappa shape index (κ3) is 3.51. The number of hydrogen-bond acceptors (Lipinski definition) is 3. The molecule has 2 N–H and O–H groups in total. The molecule has 118 valence electrons. The molecule has 22 heavy (non-hydrogen) atoms. The molecule has 0 heterocycles. The average molecular weight is 311 g/mol. The van der Waals surface area contributed by atoms with Gasteiger partial charge in [-0.25, -0.2) is 0 Å². The molecule has 3 nitrogen and oxygen atoms in total. The van der Waals surface area contributed by atoms with E-state index in [-0.39, 0.29) is 24.5 Å². The summed E-state index contributed by atoms with van der Waals surface area (Å²) in [5, 5.41) is 0. The molecule has 0 unspecified atom stereocenters. The van der Waals surface area contributed by atoms with Crippen molar-refractivity contribution in [1.82, 2.24) is 0 Å². The Morgan fingerprint density at radius 1 is 1.05 bits per heavy atom. The molecule has 0 aliphatic carbocycles. The van der Waals surface area contributed by atoms with Gasteiger partial charge < -0.3 is 15.2 Å². The first kappa shape index (κ1) is 16.2. The van der Waals surface area contributed by atoms with Gasteiger partial charge in [0.1, 0.15) is 18.1 Å². The SMILES string of the molecule is COc1ccccc1-c1ccc(OCCN)cc1C(F)(F)F. The molecule has 6 heteroatoms. The van der Waals surface area contributed by atoms with E-state index in [1.807, 2.05) is 0 Å². The maximum absolute atomic E-state index is 13.4. The number of halogens is 3. The maximum atomic E-state index is 13.4. The van der Waals surface area contributed by atoms with Crippen molar-refractivity contribution in [2.24, 2.45) is 5.73 Å². The average Bonchev–Trinajstić information content (AvgIpc) is 2.52. The smallest absolute Gasteiger partial charge is 0.417 e. The zero-order valence-corrected chi connectivity index (χ0v) is 12.0. The van der Waals surface area contributed by atoms with Crippen LogP contribution in [0.4, 0.5) is 13.2 Å². The molecule has 2 rings (SSSR count). The summed E-state index contributed by atoms with van der Waals surface area (Å²) < 4.78 is 50.4. The Morgan fingerprint density at radius 2 is 1.77 bits per heavy atom. The fourth-order valence-electron chi connectivity index (χ4n) is 2.13. The number of ether oxygens (including phenoxy) is 2. The van der Waals surface area contributed by atoms with Crippen LogP contribution in [0.15, 0.2) is 42.5 Å². The number of nitrogens with two attached hydrogens (primary N) is 1. The lowest BCUT2D eigenvalue weighted by Crippen LogP contribution is -2.12. The van der Waals surface area contributed by atoms with Gasteiger partial charge in [-0.15, -0.1) is 0 Å². The van der Waals surface area contributed by atoms with Gasteiger partial charge in [-0.2, -0.15) is 13.2 Å². The summed E-state index contributed by atoms with van der Waals surface area (Å²) >= 11 is 0. The van der Waals surface area contributed by atoms with Crippen LogP contribution in [0.3, 0.4) is 0 Å². The minimum Gasteiger partial charge on any atom is -0.496 e. The highest BCUT2D eigenvalue weighted by Gasteiger charge is 2.34. The monoisotopic (exact) mass is 311 g/mol. The van der Waals surface area contributed by atoms with Gasteiger partial charge in [-0.05, 0) is 29.8 Å². The molecular formula is C16H16F3NO2. The Balaban J connectivity index is 2.55. The second-order valence-corrected chi connectivity index (χ2v) is 4.54. The third-order valence-electron chi connectivity index (χ3n) is 3.08. The Labute approximate surface area is 126 Å². The molecule has 0 aliphatic heterocycles. The van der Waals surface area contributed by atoms with Crippen molar-refractivity contribution in [2.75, 3.05) is 20.3 Å². The molecule has 0 spiro atoms. The van der Waals surface area contributed by atoms with Gasteiger partial charge >= 0.3 is 6.18 Å². The van der Waals surface area contributed by atoms with E-state index in [0.717, 1.165) is 6.07 Å². The quantitative estimate of drug-likeness (QED) is 0.915. The lowest BCUT2D eigenvalue weighted by Gasteiger charge is -2.17. The number of methoxy groups -OCH3 is 1. The van der Waals surface area contributed by atoms with Gasteiger partial charge in [-0.1, -0.05) is 18.2 Å². The van der Waals surface area contributed by atoms with Crippen molar-refractivity contribution in [3.63, 3.8) is 0 Å². The summed E-state index contributed by atoms with van der Waals surface area (Å²) in [7, 11) is 1.42. The molecule has 2 aromatic rings. The first-order valence-corrected chi connectivity index (χ1v) is 6.65. The zero-order chi connectivity index (χ0) is 16.2. The van der Waals surface area contributed by atoms with E-state index < -0.39 is 11.7 Å². The Kier molecular flexibility index (Phi) is 4.92. The van der Waals surface area contributed by atoms with Gasteiger partial charge in [-0.3, -0.25) is 0 Å². The van der Waals surface area contributed by atoms with E-state index in [9.17, 15) is 13.2 Å². The van der Waals surface area contributed by atoms with Crippen LogP contribution < -0.4 is 15.2 Å². The van der Waals surface area contributed by atoms with E-state index in [4.69, 9.17) is 15.2 Å². The predicted molar refractivity (Wildman–Crippen MR) is 78.0 cm³/mol. The van der Waals surface area contributed by atoms with Crippen molar-refractivity contribution in [3.8, 4) is 22.6 Å². The molecule has 0 amide bonds. The zero-order valence-electron chi connectivity index (χ0n) is 12.0. The summed E-state index contributed by atoms with van der Waals surface area (Å²) in [5.41, 5.74) is 4.95. The maximum Gasteiger partial charge on any atom is 0.417 e. The largest absolute Gasteiger partial charge is 0.496 e. The molecular weight excluding hydrogens is 295 g/mol. The summed E-state index contributed by atoms with van der Waals surface area (Å²) in [4.78, 5) is 0. The summed E-state index contributed by atoms with van der Waals surface area (Å²) in [6.07, 6.45) is -4.50. The Bertz CT molecular complexity index is 642. The lowest BCUT2D eigenvalue weighted by atomic mass is 9.98. The van der Waals surface area contributed by atoms with Crippen molar-refractivity contribution >= 4 is 0 Å². The standard InChI is InChI=1S/C16H16F3NO2/c1-21-15-5-3-2-4-13(15)12-7-6-11(22-9-8-20)10-14(12)16(17,18)19/h2-7,10H,8-9,20H2,1H3. The van der Waals surface area contributed by atoms with Crippen LogP contribution in [0, 0.1) is 0 Å². The Morgan fingerprint density at radius 3 is 2.41 bits per heavy atom. The molecule has 0 aliphatic rings. The van der Waals surface area contributed by atoms with Crippen molar-refractivity contribution < 1.29 is 22.6 Å². The van der Waals surface area contributed by atoms with Crippen LogP contribution in [0.2, 0.25) is 0 Å². The van der Waals surface area contributed by atoms with E-state index in [1.165, 1.54) is 19.2 Å². The first-order chi connectivity index (χ1) is 10.5. The number of alkyl halides is 3. The second-order valence-electron chi connectivity index (χ2n) is 4.54. The van der Waals surface area contributed by atoms with Crippen LogP contribution in [0.25, 0.3) is 11.1 Å². The predicted octanol–water partition coefficient (Wildman–Crippen LogP) is 3.72. The summed E-state index contributed by atoms with van der Waals surface area (Å²) in [6, 6.07) is 10.4. The van der Waals surface area contributed by atoms with Crippen LogP contribution in [-0.2, 0) is 6.18 Å². The highest BCUT2D eigenvalue weighted by molar-refractivity contribution is 5.74. The van der Waals surface area contributed by atoms with Crippen LogP contribution in [0.1, 0.15) is 5.56 Å². The van der Waals surface area contributed by atoms with Gasteiger partial charge in [0, 0.05) is 12.1 Å². The van der Waals surface area contributed by atoms with E-state index in [2.05, 4.69) is 0 Å². The Hall–Kier alpha value is -2.21. The van der Waals surface area contributed by atoms with Crippen LogP contribution >= 0.6 is 0 Å². The molecule has 2 aromatic carbocycles. The lowest BCUT2D eigenvalue weighted by molar-refractivity contribution is -0.137. The summed E-state index contributed by atoms with van der Waals surface area (Å²) in [6.45, 7) is 0.390. The van der Waals surface area contributed by atoms with E-state index in [0.29, 0.717) is 11.3 Å². The third-order valence-corrected chi connectivity index (χ3v) is 3.08. The molecule has 0 fully saturated rings. The number of hydrogen-bond donors (Lipinski definition) is 1. The van der Waals surface area contributed by atoms with Crippen molar-refractivity contribution in [2.45, 2.75) is 6.18 Å². The summed E-state index contributed by atoms with van der Waals surface area (Å²) in [5.74, 6) is 0.514.